The summed E-state index contributed by atoms with van der Waals surface area (Å²) in [7, 11) is 0. The number of allylic oxidation sites excluding steroid dienone is 1. The second kappa shape index (κ2) is 3.72. The maximum Gasteiger partial charge on any atom is 0.141 e. The minimum atomic E-state index is 0.156. The van der Waals surface area contributed by atoms with Crippen LogP contribution in [0.25, 0.3) is 12.3 Å². The third kappa shape index (κ3) is 1.72. The lowest BCUT2D eigenvalue weighted by Crippen LogP contribution is -2.28. The van der Waals surface area contributed by atoms with E-state index in [4.69, 9.17) is 0 Å². The molecule has 0 aliphatic rings. The smallest absolute Gasteiger partial charge is 0.141 e. The van der Waals surface area contributed by atoms with E-state index in [2.05, 4.69) is 11.6 Å². The maximum atomic E-state index is 9.43. The minimum Gasteiger partial charge on any atom is -0.506 e. The Morgan fingerprint density at radius 3 is 3.00 bits per heavy atom. The monoisotopic (exact) mass is 161 g/mol. The number of rotatable bonds is 1. The van der Waals surface area contributed by atoms with Crippen LogP contribution in [0.3, 0.4) is 0 Å². The highest BCUT2D eigenvalue weighted by molar-refractivity contribution is 5.45. The SMILES string of the molecule is C=c1cccn/c1=C(O)/C=C\C. The molecular formula is C10H11NO. The molecule has 0 saturated heterocycles. The predicted molar refractivity (Wildman–Crippen MR) is 49.9 cm³/mol. The summed E-state index contributed by atoms with van der Waals surface area (Å²) in [6.45, 7) is 5.58. The number of aromatic nitrogens is 1. The van der Waals surface area contributed by atoms with Gasteiger partial charge in [-0.05, 0) is 24.3 Å². The molecule has 2 heteroatoms. The zero-order valence-electron chi connectivity index (χ0n) is 6.99. The van der Waals surface area contributed by atoms with E-state index in [0.29, 0.717) is 5.35 Å². The molecule has 1 aromatic rings. The molecule has 0 aromatic carbocycles. The van der Waals surface area contributed by atoms with E-state index in [-0.39, 0.29) is 5.76 Å². The van der Waals surface area contributed by atoms with Gasteiger partial charge in [0.15, 0.2) is 0 Å². The molecule has 0 saturated carbocycles. The van der Waals surface area contributed by atoms with Crippen molar-refractivity contribution in [2.75, 3.05) is 0 Å². The summed E-state index contributed by atoms with van der Waals surface area (Å²) in [5, 5.41) is 10.7. The first-order valence-corrected chi connectivity index (χ1v) is 3.71. The average molecular weight is 161 g/mol. The minimum absolute atomic E-state index is 0.156. The number of hydrogen-bond donors (Lipinski definition) is 1. The van der Waals surface area contributed by atoms with Gasteiger partial charge in [0.25, 0.3) is 0 Å². The van der Waals surface area contributed by atoms with E-state index in [1.165, 1.54) is 0 Å². The maximum absolute atomic E-state index is 9.43. The highest BCUT2D eigenvalue weighted by Gasteiger charge is 1.89. The number of pyridine rings is 1. The van der Waals surface area contributed by atoms with Crippen molar-refractivity contribution in [1.82, 2.24) is 4.98 Å². The Balaban J connectivity index is 3.45. The summed E-state index contributed by atoms with van der Waals surface area (Å²) in [5.41, 5.74) is 0. The third-order valence-corrected chi connectivity index (χ3v) is 1.46. The fraction of sp³-hybridized carbons (Fsp3) is 0.100. The highest BCUT2D eigenvalue weighted by Crippen LogP contribution is 1.84. The quantitative estimate of drug-likeness (QED) is 0.658. The van der Waals surface area contributed by atoms with Crippen LogP contribution in [0.2, 0.25) is 0 Å². The molecule has 1 heterocycles. The first-order valence-electron chi connectivity index (χ1n) is 3.71. The Kier molecular flexibility index (Phi) is 2.64. The standard InChI is InChI=1S/C10H11NO/c1-3-5-9(12)10-8(2)6-4-7-11-10/h3-7,12H,2H2,1H3/b5-3-,10-9-. The molecule has 62 valence electrons. The van der Waals surface area contributed by atoms with E-state index in [0.717, 1.165) is 5.22 Å². The zero-order chi connectivity index (χ0) is 8.97. The molecular weight excluding hydrogens is 150 g/mol. The molecule has 12 heavy (non-hydrogen) atoms. The molecule has 1 aromatic heterocycles. The van der Waals surface area contributed by atoms with Gasteiger partial charge in [-0.25, -0.2) is 0 Å². The molecule has 0 radical (unpaired) electrons. The molecule has 0 aliphatic carbocycles. The number of aliphatic hydroxyl groups is 1. The molecule has 1 N–H and O–H groups in total. The highest BCUT2D eigenvalue weighted by atomic mass is 16.3. The molecule has 0 unspecified atom stereocenters. The van der Waals surface area contributed by atoms with Gasteiger partial charge in [0.1, 0.15) is 11.1 Å². The first kappa shape index (κ1) is 8.53. The first-order chi connectivity index (χ1) is 5.75. The fourth-order valence-corrected chi connectivity index (χ4v) is 0.906. The van der Waals surface area contributed by atoms with Crippen LogP contribution < -0.4 is 10.6 Å². The second-order valence-electron chi connectivity index (χ2n) is 2.40. The topological polar surface area (TPSA) is 33.1 Å². The largest absolute Gasteiger partial charge is 0.506 e. The van der Waals surface area contributed by atoms with E-state index in [9.17, 15) is 5.11 Å². The van der Waals surface area contributed by atoms with Crippen LogP contribution in [0.4, 0.5) is 0 Å². The Bertz CT molecular complexity index is 393. The van der Waals surface area contributed by atoms with Gasteiger partial charge in [0, 0.05) is 6.20 Å². The number of aliphatic hydroxyl groups excluding tert-OH is 1. The lowest BCUT2D eigenvalue weighted by atomic mass is 10.3. The van der Waals surface area contributed by atoms with E-state index >= 15 is 0 Å². The van der Waals surface area contributed by atoms with Crippen LogP contribution in [-0.2, 0) is 0 Å². The molecule has 0 spiro atoms. The van der Waals surface area contributed by atoms with Gasteiger partial charge in [-0.15, -0.1) is 0 Å². The van der Waals surface area contributed by atoms with Crippen LogP contribution in [0.5, 0.6) is 0 Å². The summed E-state index contributed by atoms with van der Waals surface area (Å²) < 4.78 is 0. The summed E-state index contributed by atoms with van der Waals surface area (Å²) >= 11 is 0. The summed E-state index contributed by atoms with van der Waals surface area (Å²) in [6.07, 6.45) is 4.98. The normalized spacial score (nSPS) is 13.4. The Morgan fingerprint density at radius 2 is 2.42 bits per heavy atom. The molecule has 0 bridgehead atoms. The van der Waals surface area contributed by atoms with Crippen LogP contribution in [0, 0.1) is 0 Å². The van der Waals surface area contributed by atoms with Gasteiger partial charge in [-0.3, -0.25) is 4.98 Å². The zero-order valence-corrected chi connectivity index (χ0v) is 6.99. The Labute approximate surface area is 71.2 Å². The van der Waals surface area contributed by atoms with Gasteiger partial charge < -0.3 is 5.11 Å². The summed E-state index contributed by atoms with van der Waals surface area (Å²) in [6, 6.07) is 3.59. The van der Waals surface area contributed by atoms with Crippen molar-refractivity contribution in [2.45, 2.75) is 6.92 Å². The molecule has 0 fully saturated rings. The van der Waals surface area contributed by atoms with E-state index < -0.39 is 0 Å². The summed E-state index contributed by atoms with van der Waals surface area (Å²) in [4.78, 5) is 4.00. The third-order valence-electron chi connectivity index (χ3n) is 1.46. The van der Waals surface area contributed by atoms with E-state index in [1.54, 1.807) is 24.4 Å². The Morgan fingerprint density at radius 1 is 1.67 bits per heavy atom. The molecule has 0 amide bonds. The Hall–Kier alpha value is -1.57. The predicted octanol–water partition coefficient (Wildman–Crippen LogP) is 0.734. The molecule has 2 nitrogen and oxygen atoms in total. The van der Waals surface area contributed by atoms with Crippen LogP contribution in [-0.4, -0.2) is 10.1 Å². The van der Waals surface area contributed by atoms with Gasteiger partial charge >= 0.3 is 0 Å². The van der Waals surface area contributed by atoms with Gasteiger partial charge in [0.05, 0.1) is 0 Å². The summed E-state index contributed by atoms with van der Waals surface area (Å²) in [5.74, 6) is 0.156. The lowest BCUT2D eigenvalue weighted by molar-refractivity contribution is 0.509. The number of hydrogen-bond acceptors (Lipinski definition) is 2. The van der Waals surface area contributed by atoms with E-state index in [1.807, 2.05) is 13.0 Å². The van der Waals surface area contributed by atoms with Crippen molar-refractivity contribution in [3.8, 4) is 0 Å². The number of nitrogens with zero attached hydrogens (tertiary/aromatic N) is 1. The molecule has 0 atom stereocenters. The fourth-order valence-electron chi connectivity index (χ4n) is 0.906. The lowest BCUT2D eigenvalue weighted by Gasteiger charge is -1.90. The van der Waals surface area contributed by atoms with Crippen molar-refractivity contribution in [3.63, 3.8) is 0 Å². The van der Waals surface area contributed by atoms with Gasteiger partial charge in [-0.1, -0.05) is 18.7 Å². The van der Waals surface area contributed by atoms with Gasteiger partial charge in [-0.2, -0.15) is 0 Å². The van der Waals surface area contributed by atoms with Crippen molar-refractivity contribution >= 4 is 12.3 Å². The van der Waals surface area contributed by atoms with Crippen molar-refractivity contribution in [2.24, 2.45) is 0 Å². The average Bonchev–Trinajstić information content (AvgIpc) is 2.05. The van der Waals surface area contributed by atoms with Crippen LogP contribution >= 0.6 is 0 Å². The second-order valence-corrected chi connectivity index (χ2v) is 2.40. The molecule has 1 rings (SSSR count). The van der Waals surface area contributed by atoms with Crippen LogP contribution in [0.1, 0.15) is 6.92 Å². The van der Waals surface area contributed by atoms with Gasteiger partial charge in [0.2, 0.25) is 0 Å². The van der Waals surface area contributed by atoms with Crippen LogP contribution in [0.15, 0.2) is 30.5 Å². The van der Waals surface area contributed by atoms with Crippen molar-refractivity contribution < 1.29 is 5.11 Å². The van der Waals surface area contributed by atoms with Crippen molar-refractivity contribution in [3.05, 3.63) is 41.0 Å². The van der Waals surface area contributed by atoms with Crippen molar-refractivity contribution in [1.29, 1.82) is 0 Å². The molecule has 0 aliphatic heterocycles.